The molecule has 0 spiro atoms. The first-order chi connectivity index (χ1) is 14.9. The van der Waals surface area contributed by atoms with Crippen LogP contribution >= 0.6 is 0 Å². The quantitative estimate of drug-likeness (QED) is 0.488. The van der Waals surface area contributed by atoms with E-state index in [1.165, 1.54) is 0 Å². The van der Waals surface area contributed by atoms with Crippen LogP contribution in [0.4, 0.5) is 11.4 Å². The summed E-state index contributed by atoms with van der Waals surface area (Å²) in [4.78, 5) is 13.1. The van der Waals surface area contributed by atoms with Crippen molar-refractivity contribution < 1.29 is 9.21 Å². The summed E-state index contributed by atoms with van der Waals surface area (Å²) in [6.45, 7) is 8.41. The first-order valence-corrected chi connectivity index (χ1v) is 10.8. The Morgan fingerprint density at radius 3 is 2.52 bits per heavy atom. The number of nitrogens with zero attached hydrogens (tertiary/aromatic N) is 1. The van der Waals surface area contributed by atoms with Crippen molar-refractivity contribution in [1.82, 2.24) is 0 Å². The lowest BCUT2D eigenvalue weighted by atomic mass is 9.75. The number of amides is 1. The van der Waals surface area contributed by atoms with Crippen molar-refractivity contribution >= 4 is 23.0 Å². The number of rotatable bonds is 5. The fourth-order valence-electron chi connectivity index (χ4n) is 4.20. The highest BCUT2D eigenvalue weighted by molar-refractivity contribution is 6.09. The number of fused-ring (bicyclic) bond motifs is 1. The van der Waals surface area contributed by atoms with Crippen molar-refractivity contribution in [1.29, 1.82) is 0 Å². The Kier molecular flexibility index (Phi) is 5.68. The van der Waals surface area contributed by atoms with E-state index in [1.807, 2.05) is 61.5 Å². The molecule has 0 saturated carbocycles. The molecule has 4 rings (SSSR count). The van der Waals surface area contributed by atoms with Gasteiger partial charge in [0.1, 0.15) is 5.76 Å². The molecule has 0 fully saturated rings. The number of carbonyl (C=O) groups excluding carboxylic acids is 1. The predicted molar refractivity (Wildman–Crippen MR) is 126 cm³/mol. The van der Waals surface area contributed by atoms with E-state index < -0.39 is 0 Å². The van der Waals surface area contributed by atoms with Gasteiger partial charge in [0.05, 0.1) is 11.4 Å². The summed E-state index contributed by atoms with van der Waals surface area (Å²) in [5.74, 6) is 0.971. The standard InChI is InChI=1S/C26H29N3O2/c1-5-18-11-9-10-14-20(18)27-25(30)24-17(2)23-21(15-26(3,4)16-22(23)31-24)29-28-19-12-7-6-8-13-19/h6-14,28H,5,15-16H2,1-4H3,(H,27,30)/b29-21-. The van der Waals surface area contributed by atoms with E-state index in [4.69, 9.17) is 9.52 Å². The van der Waals surface area contributed by atoms with Gasteiger partial charge in [0.2, 0.25) is 0 Å². The molecule has 1 heterocycles. The van der Waals surface area contributed by atoms with E-state index in [2.05, 4.69) is 31.5 Å². The van der Waals surface area contributed by atoms with Crippen LogP contribution in [0.1, 0.15) is 60.2 Å². The number of hydrogen-bond acceptors (Lipinski definition) is 4. The van der Waals surface area contributed by atoms with Gasteiger partial charge in [-0.25, -0.2) is 0 Å². The average Bonchev–Trinajstić information content (AvgIpc) is 3.08. The van der Waals surface area contributed by atoms with Crippen LogP contribution in [0.25, 0.3) is 0 Å². The summed E-state index contributed by atoms with van der Waals surface area (Å²) in [6.07, 6.45) is 2.42. The third-order valence-corrected chi connectivity index (χ3v) is 5.74. The molecule has 1 aliphatic rings. The monoisotopic (exact) mass is 415 g/mol. The Bertz CT molecular complexity index is 1130. The molecule has 3 aromatic rings. The van der Waals surface area contributed by atoms with E-state index in [0.717, 1.165) is 58.8 Å². The molecule has 2 N–H and O–H groups in total. The highest BCUT2D eigenvalue weighted by atomic mass is 16.4. The van der Waals surface area contributed by atoms with E-state index in [-0.39, 0.29) is 11.3 Å². The highest BCUT2D eigenvalue weighted by Gasteiger charge is 2.36. The zero-order chi connectivity index (χ0) is 22.0. The second kappa shape index (κ2) is 8.42. The van der Waals surface area contributed by atoms with E-state index in [1.54, 1.807) is 0 Å². The number of nitrogens with one attached hydrogen (secondary N) is 2. The SMILES string of the molecule is CCc1ccccc1NC(=O)c1oc2c(c1C)/C(=N\Nc1ccccc1)CC(C)(C)C2. The Hall–Kier alpha value is -3.34. The maximum absolute atomic E-state index is 13.1. The number of hydrazone groups is 1. The molecule has 160 valence electrons. The fraction of sp³-hybridized carbons (Fsp3) is 0.308. The molecule has 2 aromatic carbocycles. The van der Waals surface area contributed by atoms with E-state index >= 15 is 0 Å². The molecular weight excluding hydrogens is 386 g/mol. The van der Waals surface area contributed by atoms with Gasteiger partial charge in [-0.2, -0.15) is 5.10 Å². The smallest absolute Gasteiger partial charge is 0.291 e. The molecule has 0 radical (unpaired) electrons. The number of aryl methyl sites for hydroxylation is 1. The van der Waals surface area contributed by atoms with Crippen molar-refractivity contribution in [2.24, 2.45) is 10.5 Å². The Morgan fingerprint density at radius 2 is 1.77 bits per heavy atom. The third kappa shape index (κ3) is 4.41. The van der Waals surface area contributed by atoms with Crippen LogP contribution in [0.5, 0.6) is 0 Å². The summed E-state index contributed by atoms with van der Waals surface area (Å²) >= 11 is 0. The van der Waals surface area contributed by atoms with Crippen LogP contribution in [-0.2, 0) is 12.8 Å². The zero-order valence-electron chi connectivity index (χ0n) is 18.6. The van der Waals surface area contributed by atoms with Crippen LogP contribution in [0.3, 0.4) is 0 Å². The predicted octanol–water partition coefficient (Wildman–Crippen LogP) is 6.19. The Morgan fingerprint density at radius 1 is 1.06 bits per heavy atom. The first-order valence-electron chi connectivity index (χ1n) is 10.8. The summed E-state index contributed by atoms with van der Waals surface area (Å²) in [6, 6.07) is 17.7. The number of para-hydroxylation sites is 2. The molecule has 0 unspecified atom stereocenters. The molecule has 5 heteroatoms. The fourth-order valence-corrected chi connectivity index (χ4v) is 4.20. The van der Waals surface area contributed by atoms with Gasteiger partial charge in [0.15, 0.2) is 5.76 Å². The van der Waals surface area contributed by atoms with Crippen LogP contribution < -0.4 is 10.7 Å². The van der Waals surface area contributed by atoms with Gasteiger partial charge in [0.25, 0.3) is 5.91 Å². The van der Waals surface area contributed by atoms with Crippen molar-refractivity contribution in [2.75, 3.05) is 10.7 Å². The minimum absolute atomic E-state index is 0.00293. The summed E-state index contributed by atoms with van der Waals surface area (Å²) in [7, 11) is 0. The topological polar surface area (TPSA) is 66.6 Å². The summed E-state index contributed by atoms with van der Waals surface area (Å²) in [5.41, 5.74) is 8.72. The van der Waals surface area contributed by atoms with Crippen LogP contribution in [0.15, 0.2) is 64.1 Å². The molecular formula is C26H29N3O2. The second-order valence-corrected chi connectivity index (χ2v) is 8.87. The first kappa shape index (κ1) is 20.9. The number of furan rings is 1. The lowest BCUT2D eigenvalue weighted by Gasteiger charge is -2.29. The van der Waals surface area contributed by atoms with Crippen LogP contribution in [-0.4, -0.2) is 11.6 Å². The van der Waals surface area contributed by atoms with Gasteiger partial charge in [-0.1, -0.05) is 57.2 Å². The van der Waals surface area contributed by atoms with Gasteiger partial charge in [-0.3, -0.25) is 10.2 Å². The van der Waals surface area contributed by atoms with Gasteiger partial charge in [-0.15, -0.1) is 0 Å². The Labute approximate surface area is 183 Å². The lowest BCUT2D eigenvalue weighted by Crippen LogP contribution is -2.27. The van der Waals surface area contributed by atoms with Crippen molar-refractivity contribution in [3.63, 3.8) is 0 Å². The molecule has 1 amide bonds. The zero-order valence-corrected chi connectivity index (χ0v) is 18.6. The molecule has 0 aliphatic heterocycles. The largest absolute Gasteiger partial charge is 0.455 e. The van der Waals surface area contributed by atoms with Crippen molar-refractivity contribution in [2.45, 2.75) is 47.0 Å². The van der Waals surface area contributed by atoms with E-state index in [0.29, 0.717) is 5.76 Å². The minimum Gasteiger partial charge on any atom is -0.455 e. The number of carbonyl (C=O) groups is 1. The minimum atomic E-state index is -0.221. The van der Waals surface area contributed by atoms with Crippen molar-refractivity contribution in [3.05, 3.63) is 82.8 Å². The Balaban J connectivity index is 1.67. The summed E-state index contributed by atoms with van der Waals surface area (Å²) < 4.78 is 6.14. The lowest BCUT2D eigenvalue weighted by molar-refractivity contribution is 0.0992. The molecule has 1 aromatic heterocycles. The molecule has 0 saturated heterocycles. The maximum Gasteiger partial charge on any atom is 0.291 e. The third-order valence-electron chi connectivity index (χ3n) is 5.74. The van der Waals surface area contributed by atoms with Gasteiger partial charge in [0, 0.05) is 23.2 Å². The maximum atomic E-state index is 13.1. The second-order valence-electron chi connectivity index (χ2n) is 8.87. The highest BCUT2D eigenvalue weighted by Crippen LogP contribution is 2.39. The van der Waals surface area contributed by atoms with Crippen LogP contribution in [0.2, 0.25) is 0 Å². The number of benzene rings is 2. The van der Waals surface area contributed by atoms with Gasteiger partial charge < -0.3 is 9.73 Å². The van der Waals surface area contributed by atoms with Crippen molar-refractivity contribution in [3.8, 4) is 0 Å². The molecule has 31 heavy (non-hydrogen) atoms. The van der Waals surface area contributed by atoms with E-state index in [9.17, 15) is 4.79 Å². The summed E-state index contributed by atoms with van der Waals surface area (Å²) in [5, 5.41) is 7.74. The number of anilines is 2. The normalized spacial score (nSPS) is 16.1. The van der Waals surface area contributed by atoms with Crippen LogP contribution in [0, 0.1) is 12.3 Å². The molecule has 0 bridgehead atoms. The van der Waals surface area contributed by atoms with Gasteiger partial charge >= 0.3 is 0 Å². The molecule has 0 atom stereocenters. The molecule has 1 aliphatic carbocycles. The average molecular weight is 416 g/mol. The van der Waals surface area contributed by atoms with Gasteiger partial charge in [-0.05, 0) is 48.9 Å². The number of hydrogen-bond donors (Lipinski definition) is 2. The molecule has 5 nitrogen and oxygen atoms in total.